The third-order valence-corrected chi connectivity index (χ3v) is 5.55. The van der Waals surface area contributed by atoms with Crippen LogP contribution < -0.4 is 0 Å². The topological polar surface area (TPSA) is 85.3 Å². The van der Waals surface area contributed by atoms with E-state index in [9.17, 15) is 24.0 Å². The zero-order valence-corrected chi connectivity index (χ0v) is 30.0. The molecule has 0 saturated heterocycles. The highest BCUT2D eigenvalue weighted by molar-refractivity contribution is 5.81. The second kappa shape index (κ2) is 27.5. The molecule has 0 rings (SSSR count). The van der Waals surface area contributed by atoms with Crippen molar-refractivity contribution >= 4 is 28.9 Å². The van der Waals surface area contributed by atoms with E-state index in [0.717, 1.165) is 19.3 Å². The second-order valence-corrected chi connectivity index (χ2v) is 13.7. The fraction of sp³-hybridized carbons (Fsp3) is 0.857. The number of ketones is 5. The SMILES string of the molecule is CC(=O)C(C)C.CC(C)C(=O)CC(C)(C)C.CC(C)CC(=O)C(C)C.CCC(=O)C(C)C.CCCC(=O)C(C)C. The summed E-state index contributed by atoms with van der Waals surface area (Å²) >= 11 is 0. The Morgan fingerprint density at radius 1 is 0.525 bits per heavy atom. The molecule has 5 heteroatoms. The van der Waals surface area contributed by atoms with Gasteiger partial charge in [-0.15, -0.1) is 0 Å². The maximum absolute atomic E-state index is 11.2. The number of rotatable bonds is 11. The summed E-state index contributed by atoms with van der Waals surface area (Å²) in [6, 6.07) is 0. The highest BCUT2D eigenvalue weighted by atomic mass is 16.1. The van der Waals surface area contributed by atoms with Gasteiger partial charge in [0.15, 0.2) is 0 Å². The van der Waals surface area contributed by atoms with E-state index in [2.05, 4.69) is 34.6 Å². The van der Waals surface area contributed by atoms with Crippen LogP contribution in [0, 0.1) is 40.9 Å². The molecule has 0 heterocycles. The van der Waals surface area contributed by atoms with E-state index in [-0.39, 0.29) is 40.8 Å². The van der Waals surface area contributed by atoms with Crippen molar-refractivity contribution < 1.29 is 24.0 Å². The summed E-state index contributed by atoms with van der Waals surface area (Å²) in [5.74, 6) is 3.33. The summed E-state index contributed by atoms with van der Waals surface area (Å²) in [5.41, 5.74) is 0.154. The van der Waals surface area contributed by atoms with Crippen LogP contribution in [-0.2, 0) is 24.0 Å². The highest BCUT2D eigenvalue weighted by Gasteiger charge is 2.17. The Morgan fingerprint density at radius 3 is 0.925 bits per heavy atom. The van der Waals surface area contributed by atoms with Crippen LogP contribution in [0.5, 0.6) is 0 Å². The lowest BCUT2D eigenvalue weighted by Crippen LogP contribution is -2.16. The van der Waals surface area contributed by atoms with Gasteiger partial charge in [0, 0.05) is 55.3 Å². The van der Waals surface area contributed by atoms with Gasteiger partial charge in [0.1, 0.15) is 28.9 Å². The van der Waals surface area contributed by atoms with Gasteiger partial charge in [0.05, 0.1) is 0 Å². The molecule has 0 spiro atoms. The first-order valence-corrected chi connectivity index (χ1v) is 15.5. The van der Waals surface area contributed by atoms with E-state index in [0.29, 0.717) is 41.9 Å². The number of carbonyl (C=O) groups is 5. The predicted octanol–water partition coefficient (Wildman–Crippen LogP) is 9.77. The first-order chi connectivity index (χ1) is 17.9. The van der Waals surface area contributed by atoms with Crippen molar-refractivity contribution in [1.82, 2.24) is 0 Å². The summed E-state index contributed by atoms with van der Waals surface area (Å²) in [4.78, 5) is 53.5. The minimum atomic E-state index is 0.154. The van der Waals surface area contributed by atoms with Crippen molar-refractivity contribution in [3.05, 3.63) is 0 Å². The third kappa shape index (κ3) is 43.4. The quantitative estimate of drug-likeness (QED) is 0.247. The molecule has 240 valence electrons. The molecule has 0 aromatic heterocycles. The summed E-state index contributed by atoms with van der Waals surface area (Å²) < 4.78 is 0. The largest absolute Gasteiger partial charge is 0.300 e. The Bertz CT molecular complexity index is 674. The highest BCUT2D eigenvalue weighted by Crippen LogP contribution is 2.20. The van der Waals surface area contributed by atoms with E-state index >= 15 is 0 Å². The van der Waals surface area contributed by atoms with Crippen molar-refractivity contribution in [1.29, 1.82) is 0 Å². The Kier molecular flexibility index (Phi) is 33.1. The summed E-state index contributed by atoms with van der Waals surface area (Å²) in [6.07, 6.45) is 3.84. The van der Waals surface area contributed by atoms with Crippen molar-refractivity contribution in [2.24, 2.45) is 40.9 Å². The van der Waals surface area contributed by atoms with Crippen molar-refractivity contribution in [3.8, 4) is 0 Å². The van der Waals surface area contributed by atoms with Crippen LogP contribution in [-0.4, -0.2) is 28.9 Å². The number of hydrogen-bond donors (Lipinski definition) is 0. The molecule has 0 aromatic carbocycles. The van der Waals surface area contributed by atoms with Gasteiger partial charge < -0.3 is 0 Å². The molecule has 0 aliphatic carbocycles. The smallest absolute Gasteiger partial charge is 0.135 e. The van der Waals surface area contributed by atoms with Gasteiger partial charge in [-0.2, -0.15) is 0 Å². The zero-order chi connectivity index (χ0) is 33.4. The lowest BCUT2D eigenvalue weighted by molar-refractivity contribution is -0.124. The van der Waals surface area contributed by atoms with Crippen LogP contribution >= 0.6 is 0 Å². The molecule has 0 unspecified atom stereocenters. The minimum absolute atomic E-state index is 0.154. The van der Waals surface area contributed by atoms with Crippen molar-refractivity contribution in [3.63, 3.8) is 0 Å². The zero-order valence-electron chi connectivity index (χ0n) is 30.0. The van der Waals surface area contributed by atoms with Gasteiger partial charge in [0.2, 0.25) is 0 Å². The van der Waals surface area contributed by atoms with Gasteiger partial charge in [0.25, 0.3) is 0 Å². The Labute approximate surface area is 250 Å². The predicted molar refractivity (Wildman–Crippen MR) is 174 cm³/mol. The molecule has 0 aliphatic rings. The Hall–Kier alpha value is -1.65. The van der Waals surface area contributed by atoms with Gasteiger partial charge in [-0.1, -0.05) is 118 Å². The van der Waals surface area contributed by atoms with E-state index in [4.69, 9.17) is 0 Å². The first-order valence-electron chi connectivity index (χ1n) is 15.5. The van der Waals surface area contributed by atoms with Crippen molar-refractivity contribution in [2.75, 3.05) is 0 Å². The van der Waals surface area contributed by atoms with E-state index in [1.807, 2.05) is 83.1 Å². The van der Waals surface area contributed by atoms with E-state index in [1.54, 1.807) is 6.92 Å². The molecule has 5 nitrogen and oxygen atoms in total. The van der Waals surface area contributed by atoms with Crippen LogP contribution in [0.1, 0.15) is 157 Å². The van der Waals surface area contributed by atoms with Crippen LogP contribution in [0.15, 0.2) is 0 Å². The number of carbonyl (C=O) groups excluding carboxylic acids is 5. The summed E-state index contributed by atoms with van der Waals surface area (Å²) in [7, 11) is 0. The molecule has 0 aromatic rings. The van der Waals surface area contributed by atoms with Gasteiger partial charge >= 0.3 is 0 Å². The van der Waals surface area contributed by atoms with Crippen LogP contribution in [0.2, 0.25) is 0 Å². The Morgan fingerprint density at radius 2 is 0.850 bits per heavy atom. The van der Waals surface area contributed by atoms with E-state index < -0.39 is 0 Å². The average Bonchev–Trinajstić information content (AvgIpc) is 2.78. The molecule has 0 aliphatic heterocycles. The van der Waals surface area contributed by atoms with Crippen LogP contribution in [0.3, 0.4) is 0 Å². The fourth-order valence-electron chi connectivity index (χ4n) is 2.31. The average molecular weight is 571 g/mol. The Balaban J connectivity index is -0.000000129. The molecule has 0 fully saturated rings. The maximum Gasteiger partial charge on any atom is 0.135 e. The monoisotopic (exact) mass is 571 g/mol. The van der Waals surface area contributed by atoms with Crippen LogP contribution in [0.4, 0.5) is 0 Å². The first kappa shape index (κ1) is 48.1. The second-order valence-electron chi connectivity index (χ2n) is 13.7. The molecule has 0 bridgehead atoms. The maximum atomic E-state index is 11.2. The van der Waals surface area contributed by atoms with Gasteiger partial charge in [-0.25, -0.2) is 0 Å². The molecule has 0 amide bonds. The molecule has 0 radical (unpaired) electrons. The molecular formula is C35H70O5. The lowest BCUT2D eigenvalue weighted by atomic mass is 9.87. The molecule has 0 atom stereocenters. The molecule has 40 heavy (non-hydrogen) atoms. The minimum Gasteiger partial charge on any atom is -0.300 e. The molecular weight excluding hydrogens is 500 g/mol. The normalized spacial score (nSPS) is 10.6. The van der Waals surface area contributed by atoms with Crippen molar-refractivity contribution in [2.45, 2.75) is 157 Å². The van der Waals surface area contributed by atoms with Crippen LogP contribution in [0.25, 0.3) is 0 Å². The number of hydrogen-bond acceptors (Lipinski definition) is 5. The molecule has 0 saturated carbocycles. The van der Waals surface area contributed by atoms with E-state index in [1.165, 1.54) is 0 Å². The van der Waals surface area contributed by atoms with Gasteiger partial charge in [-0.05, 0) is 24.7 Å². The molecule has 0 N–H and O–H groups in total. The number of Topliss-reactive ketones (excluding diaryl/α,β-unsaturated/α-hetero) is 5. The summed E-state index contributed by atoms with van der Waals surface area (Å²) in [6.45, 7) is 35.2. The van der Waals surface area contributed by atoms with Gasteiger partial charge in [-0.3, -0.25) is 24.0 Å². The standard InChI is InChI=1S/C9H18O.C8H16O.C7H14O.C6H12O.C5H10O/c1-7(2)8(10)6-9(3,4)5;1-6(2)5-8(9)7(3)4;1-4-5-7(8)6(2)3;1-4-6(7)5(2)3;1-4(2)5(3)6/h7H,6H2,1-5H3;6-7H,5H2,1-4H3;6H,4-5H2,1-3H3;5H,4H2,1-3H3;4H,1-3H3. The third-order valence-electron chi connectivity index (χ3n) is 5.55. The lowest BCUT2D eigenvalue weighted by Gasteiger charge is -2.17. The fourth-order valence-corrected chi connectivity index (χ4v) is 2.31. The summed E-state index contributed by atoms with van der Waals surface area (Å²) in [5, 5.41) is 0.